The highest BCUT2D eigenvalue weighted by Crippen LogP contribution is 2.36. The molecule has 2 rings (SSSR count). The van der Waals surface area contributed by atoms with E-state index in [1.54, 1.807) is 0 Å². The number of hydrogen-bond donors (Lipinski definition) is 1. The number of hydrogen-bond acceptors (Lipinski definition) is 4. The number of carbonyl (C=O) groups excluding carboxylic acids is 2. The quantitative estimate of drug-likeness (QED) is 0.691. The van der Waals surface area contributed by atoms with E-state index < -0.39 is 11.7 Å². The zero-order valence-electron chi connectivity index (χ0n) is 18.1. The Morgan fingerprint density at radius 2 is 1.82 bits per heavy atom. The monoisotopic (exact) mass is 389 g/mol. The summed E-state index contributed by atoms with van der Waals surface area (Å²) >= 11 is 0. The van der Waals surface area contributed by atoms with Crippen LogP contribution in [0.1, 0.15) is 72.3 Å². The van der Waals surface area contributed by atoms with Crippen LogP contribution in [-0.4, -0.2) is 30.3 Å². The molecule has 1 aromatic rings. The summed E-state index contributed by atoms with van der Waals surface area (Å²) in [5.41, 5.74) is 0.687. The first-order valence-corrected chi connectivity index (χ1v) is 10.2. The van der Waals surface area contributed by atoms with Gasteiger partial charge in [-0.1, -0.05) is 51.1 Å². The van der Waals surface area contributed by atoms with E-state index in [0.29, 0.717) is 13.0 Å². The van der Waals surface area contributed by atoms with Crippen molar-refractivity contribution in [2.75, 3.05) is 6.54 Å². The molecule has 0 spiro atoms. The zero-order valence-corrected chi connectivity index (χ0v) is 18.1. The minimum absolute atomic E-state index is 0.0723. The molecule has 1 N–H and O–H groups in total. The number of alkyl carbamates (subject to hydrolysis) is 1. The van der Waals surface area contributed by atoms with E-state index in [1.807, 2.05) is 51.1 Å². The van der Waals surface area contributed by atoms with Gasteiger partial charge < -0.3 is 14.8 Å². The zero-order chi connectivity index (χ0) is 20.9. The molecule has 5 heteroatoms. The van der Waals surface area contributed by atoms with Gasteiger partial charge in [0.2, 0.25) is 0 Å². The predicted octanol–water partition coefficient (Wildman–Crippen LogP) is 5.05. The van der Waals surface area contributed by atoms with Gasteiger partial charge in [0.1, 0.15) is 11.7 Å². The van der Waals surface area contributed by atoms with Crippen molar-refractivity contribution in [2.45, 2.75) is 78.4 Å². The molecule has 28 heavy (non-hydrogen) atoms. The fourth-order valence-corrected chi connectivity index (χ4v) is 3.43. The van der Waals surface area contributed by atoms with Gasteiger partial charge in [-0.25, -0.2) is 4.79 Å². The maximum Gasteiger partial charge on any atom is 0.407 e. The van der Waals surface area contributed by atoms with Crippen LogP contribution in [0.25, 0.3) is 0 Å². The highest BCUT2D eigenvalue weighted by atomic mass is 16.6. The first kappa shape index (κ1) is 22.3. The molecular formula is C23H35NO4. The van der Waals surface area contributed by atoms with E-state index in [2.05, 4.69) is 26.1 Å². The molecule has 0 bridgehead atoms. The summed E-state index contributed by atoms with van der Waals surface area (Å²) in [6.07, 6.45) is 1.80. The van der Waals surface area contributed by atoms with Gasteiger partial charge in [-0.2, -0.15) is 0 Å². The molecule has 1 fully saturated rings. The van der Waals surface area contributed by atoms with Gasteiger partial charge in [-0.05, 0) is 51.0 Å². The second-order valence-electron chi connectivity index (χ2n) is 9.91. The fraction of sp³-hybridized carbons (Fsp3) is 0.652. The summed E-state index contributed by atoms with van der Waals surface area (Å²) in [5, 5.41) is 2.85. The Bertz CT molecular complexity index is 657. The highest BCUT2D eigenvalue weighted by Gasteiger charge is 2.39. The first-order valence-electron chi connectivity index (χ1n) is 10.2. The van der Waals surface area contributed by atoms with Crippen molar-refractivity contribution in [2.24, 2.45) is 11.3 Å². The summed E-state index contributed by atoms with van der Waals surface area (Å²) in [6, 6.07) is 9.90. The molecule has 5 nitrogen and oxygen atoms in total. The largest absolute Gasteiger partial charge is 0.461 e. The van der Waals surface area contributed by atoms with E-state index in [9.17, 15) is 9.59 Å². The molecule has 1 heterocycles. The molecule has 0 aliphatic carbocycles. The van der Waals surface area contributed by atoms with Gasteiger partial charge in [-0.3, -0.25) is 4.79 Å². The van der Waals surface area contributed by atoms with E-state index in [-0.39, 0.29) is 29.3 Å². The summed E-state index contributed by atoms with van der Waals surface area (Å²) in [4.78, 5) is 24.5. The molecule has 1 saturated heterocycles. The van der Waals surface area contributed by atoms with Crippen molar-refractivity contribution in [3.63, 3.8) is 0 Å². The Morgan fingerprint density at radius 3 is 2.39 bits per heavy atom. The van der Waals surface area contributed by atoms with Gasteiger partial charge in [0.25, 0.3) is 0 Å². The minimum atomic E-state index is -0.551. The Hall–Kier alpha value is -2.04. The number of esters is 1. The lowest BCUT2D eigenvalue weighted by Gasteiger charge is -2.25. The van der Waals surface area contributed by atoms with Crippen LogP contribution in [0.15, 0.2) is 30.3 Å². The van der Waals surface area contributed by atoms with Crippen molar-refractivity contribution in [3.8, 4) is 0 Å². The second-order valence-corrected chi connectivity index (χ2v) is 9.91. The van der Waals surface area contributed by atoms with Crippen LogP contribution in [0.2, 0.25) is 0 Å². The van der Waals surface area contributed by atoms with Crippen molar-refractivity contribution >= 4 is 12.1 Å². The molecule has 156 valence electrons. The van der Waals surface area contributed by atoms with Crippen LogP contribution in [0.3, 0.4) is 0 Å². The third kappa shape index (κ3) is 7.17. The molecule has 1 aliphatic rings. The van der Waals surface area contributed by atoms with Gasteiger partial charge >= 0.3 is 12.1 Å². The van der Waals surface area contributed by atoms with E-state index in [0.717, 1.165) is 18.4 Å². The number of cyclic esters (lactones) is 1. The molecule has 0 aromatic heterocycles. The molecule has 1 amide bonds. The molecular weight excluding hydrogens is 354 g/mol. The second kappa shape index (κ2) is 8.97. The first-order chi connectivity index (χ1) is 12.9. The van der Waals surface area contributed by atoms with Crippen molar-refractivity contribution < 1.29 is 19.1 Å². The summed E-state index contributed by atoms with van der Waals surface area (Å²) in [7, 11) is 0. The van der Waals surface area contributed by atoms with Crippen molar-refractivity contribution in [3.05, 3.63) is 35.9 Å². The SMILES string of the molecule is CC(C)(C)CCC1CC(C(CNC(=O)OC(C)(C)C)c2ccccc2)OC1=O. The van der Waals surface area contributed by atoms with Gasteiger partial charge in [-0.15, -0.1) is 0 Å². The lowest BCUT2D eigenvalue weighted by Crippen LogP contribution is -2.37. The van der Waals surface area contributed by atoms with Gasteiger partial charge in [0, 0.05) is 12.5 Å². The van der Waals surface area contributed by atoms with Crippen molar-refractivity contribution in [1.82, 2.24) is 5.32 Å². The van der Waals surface area contributed by atoms with E-state index in [4.69, 9.17) is 9.47 Å². The average Bonchev–Trinajstić information content (AvgIpc) is 2.92. The lowest BCUT2D eigenvalue weighted by atomic mass is 9.83. The third-order valence-electron chi connectivity index (χ3n) is 4.90. The molecule has 1 aliphatic heterocycles. The number of rotatable bonds is 6. The molecule has 0 saturated carbocycles. The summed E-state index contributed by atoms with van der Waals surface area (Å²) < 4.78 is 11.1. The number of carbonyl (C=O) groups is 2. The van der Waals surface area contributed by atoms with Crippen molar-refractivity contribution in [1.29, 1.82) is 0 Å². The number of amides is 1. The lowest BCUT2D eigenvalue weighted by molar-refractivity contribution is -0.145. The smallest absolute Gasteiger partial charge is 0.407 e. The molecule has 0 radical (unpaired) electrons. The fourth-order valence-electron chi connectivity index (χ4n) is 3.43. The highest BCUT2D eigenvalue weighted by molar-refractivity contribution is 5.75. The maximum absolute atomic E-state index is 12.4. The normalized spacial score (nSPS) is 21.1. The van der Waals surface area contributed by atoms with Crippen LogP contribution >= 0.6 is 0 Å². The van der Waals surface area contributed by atoms with Crippen LogP contribution in [0.5, 0.6) is 0 Å². The summed E-state index contributed by atoms with van der Waals surface area (Å²) in [5.74, 6) is -0.290. The summed E-state index contributed by atoms with van der Waals surface area (Å²) in [6.45, 7) is 12.4. The topological polar surface area (TPSA) is 64.6 Å². The van der Waals surface area contributed by atoms with Crippen LogP contribution < -0.4 is 5.32 Å². The Kier molecular flexibility index (Phi) is 7.13. The van der Waals surface area contributed by atoms with Crippen LogP contribution in [0, 0.1) is 11.3 Å². The predicted molar refractivity (Wildman–Crippen MR) is 110 cm³/mol. The van der Waals surface area contributed by atoms with Crippen LogP contribution in [0.4, 0.5) is 4.79 Å². The number of benzene rings is 1. The number of nitrogens with one attached hydrogen (secondary N) is 1. The maximum atomic E-state index is 12.4. The Balaban J connectivity index is 2.06. The van der Waals surface area contributed by atoms with Crippen LogP contribution in [-0.2, 0) is 14.3 Å². The van der Waals surface area contributed by atoms with E-state index in [1.165, 1.54) is 0 Å². The van der Waals surface area contributed by atoms with Gasteiger partial charge in [0.05, 0.1) is 5.92 Å². The molecule has 1 aromatic carbocycles. The Labute approximate surface area is 169 Å². The number of ether oxygens (including phenoxy) is 2. The van der Waals surface area contributed by atoms with Gasteiger partial charge in [0.15, 0.2) is 0 Å². The Morgan fingerprint density at radius 1 is 1.18 bits per heavy atom. The third-order valence-corrected chi connectivity index (χ3v) is 4.90. The standard InChI is InChI=1S/C23H35NO4/c1-22(2,3)13-12-17-14-19(27-20(17)25)18(16-10-8-7-9-11-16)15-24-21(26)28-23(4,5)6/h7-11,17-19H,12-15H2,1-6H3,(H,24,26). The molecule has 3 unspecified atom stereocenters. The average molecular weight is 390 g/mol. The minimum Gasteiger partial charge on any atom is -0.461 e. The van der Waals surface area contributed by atoms with E-state index >= 15 is 0 Å². The molecule has 3 atom stereocenters.